The highest BCUT2D eigenvalue weighted by Crippen LogP contribution is 2.35. The van der Waals surface area contributed by atoms with Gasteiger partial charge in [-0.3, -0.25) is 33.6 Å². The molecule has 0 bridgehead atoms. The van der Waals surface area contributed by atoms with Crippen molar-refractivity contribution >= 4 is 41.2 Å². The third kappa shape index (κ3) is 12.0. The zero-order chi connectivity index (χ0) is 44.3. The Kier molecular flexibility index (Phi) is 16.5. The predicted molar refractivity (Wildman–Crippen MR) is 213 cm³/mol. The van der Waals surface area contributed by atoms with Crippen LogP contribution in [0.2, 0.25) is 0 Å². The van der Waals surface area contributed by atoms with Crippen LogP contribution >= 0.6 is 0 Å². The van der Waals surface area contributed by atoms with E-state index in [1.165, 1.54) is 25.2 Å². The predicted octanol–water partition coefficient (Wildman–Crippen LogP) is 2.76. The molecule has 5 atom stereocenters. The highest BCUT2D eigenvalue weighted by molar-refractivity contribution is 6.38. The van der Waals surface area contributed by atoms with Crippen molar-refractivity contribution in [1.82, 2.24) is 26.2 Å². The van der Waals surface area contributed by atoms with Gasteiger partial charge in [0.05, 0.1) is 38.5 Å². The number of carbonyl (C=O) groups is 7. The maximum Gasteiger partial charge on any atom is 0.290 e. The first kappa shape index (κ1) is 47.0. The first-order valence-corrected chi connectivity index (χ1v) is 20.1. The minimum Gasteiger partial charge on any atom is -0.493 e. The molecule has 4 rings (SSSR count). The van der Waals surface area contributed by atoms with Crippen LogP contribution in [0, 0.1) is 17.6 Å². The normalized spacial score (nSPS) is 18.4. The summed E-state index contributed by atoms with van der Waals surface area (Å²) in [7, 11) is 2.73. The SMILES string of the molecule is CCCC(NC(=O)[C@@H]1C[C@@H](OC(C)(C)C)CN1C(=O)[C@@H](NC(=O)c1c(F)cccc1F)C1CCCCC1)C(=O)C(=O)NCC(=O)NC(C(N)=O)c1cccc(OC)c1OC. The van der Waals surface area contributed by atoms with Crippen molar-refractivity contribution in [1.29, 1.82) is 0 Å². The van der Waals surface area contributed by atoms with Gasteiger partial charge in [-0.2, -0.15) is 0 Å². The molecule has 1 saturated carbocycles. The van der Waals surface area contributed by atoms with Crippen LogP contribution < -0.4 is 36.5 Å². The number of nitrogens with two attached hydrogens (primary N) is 1. The number of carbonyl (C=O) groups excluding carboxylic acids is 7. The lowest BCUT2D eigenvalue weighted by Crippen LogP contribution is -2.58. The van der Waals surface area contributed by atoms with Crippen LogP contribution in [0.15, 0.2) is 36.4 Å². The molecule has 0 spiro atoms. The summed E-state index contributed by atoms with van der Waals surface area (Å²) >= 11 is 0. The molecule has 60 heavy (non-hydrogen) atoms. The van der Waals surface area contributed by atoms with Gasteiger partial charge in [0, 0.05) is 18.5 Å². The summed E-state index contributed by atoms with van der Waals surface area (Å²) in [6, 6.07) is 2.39. The molecule has 2 aliphatic rings. The van der Waals surface area contributed by atoms with Crippen LogP contribution in [0.5, 0.6) is 11.5 Å². The maximum atomic E-state index is 14.7. The second-order valence-corrected chi connectivity index (χ2v) is 15.9. The van der Waals surface area contributed by atoms with Crippen molar-refractivity contribution < 1.29 is 56.6 Å². The molecule has 1 aliphatic carbocycles. The number of primary amides is 1. The van der Waals surface area contributed by atoms with Crippen molar-refractivity contribution in [2.45, 2.75) is 115 Å². The van der Waals surface area contributed by atoms with Gasteiger partial charge in [0.2, 0.25) is 29.4 Å². The summed E-state index contributed by atoms with van der Waals surface area (Å²) in [6.45, 7) is 6.33. The number of hydrogen-bond donors (Lipinski definition) is 5. The molecule has 328 valence electrons. The van der Waals surface area contributed by atoms with Gasteiger partial charge >= 0.3 is 0 Å². The van der Waals surface area contributed by atoms with E-state index < -0.39 is 107 Å². The summed E-state index contributed by atoms with van der Waals surface area (Å²) in [5.74, 6) is -8.81. The van der Waals surface area contributed by atoms with Gasteiger partial charge in [0.15, 0.2) is 11.5 Å². The molecule has 16 nitrogen and oxygen atoms in total. The molecular weight excluding hydrogens is 786 g/mol. The van der Waals surface area contributed by atoms with Gasteiger partial charge in [-0.1, -0.05) is 50.8 Å². The van der Waals surface area contributed by atoms with Crippen molar-refractivity contribution in [3.63, 3.8) is 0 Å². The largest absolute Gasteiger partial charge is 0.493 e. The van der Waals surface area contributed by atoms with Crippen LogP contribution in [0.1, 0.15) is 101 Å². The minimum atomic E-state index is -1.39. The number of para-hydroxylation sites is 1. The minimum absolute atomic E-state index is 0.000620. The Balaban J connectivity index is 1.52. The van der Waals surface area contributed by atoms with Crippen LogP contribution in [-0.2, 0) is 33.5 Å². The second-order valence-electron chi connectivity index (χ2n) is 15.9. The van der Waals surface area contributed by atoms with E-state index in [1.807, 2.05) is 0 Å². The molecule has 2 fully saturated rings. The first-order chi connectivity index (χ1) is 28.4. The van der Waals surface area contributed by atoms with Crippen molar-refractivity contribution in [3.8, 4) is 11.5 Å². The highest BCUT2D eigenvalue weighted by Gasteiger charge is 2.46. The first-order valence-electron chi connectivity index (χ1n) is 20.1. The second kappa shape index (κ2) is 21.0. The lowest BCUT2D eigenvalue weighted by atomic mass is 9.83. The Morgan fingerprint density at radius 3 is 2.13 bits per heavy atom. The van der Waals surface area contributed by atoms with E-state index in [1.54, 1.807) is 39.8 Å². The van der Waals surface area contributed by atoms with Crippen molar-refractivity contribution in [2.75, 3.05) is 27.3 Å². The molecule has 1 aliphatic heterocycles. The molecule has 6 N–H and O–H groups in total. The molecule has 2 aromatic rings. The number of methoxy groups -OCH3 is 2. The fraction of sp³-hybridized carbons (Fsp3) is 0.548. The molecule has 2 aromatic carbocycles. The standard InChI is InChI=1S/C42H56F2N6O10/c1-7-13-28(35(52)40(56)46-21-31(51)48-34(37(45)53)25-16-11-19-30(58-5)36(25)59-6)47-38(54)29-20-24(60-42(2,3)4)22-50(29)41(57)33(23-14-9-8-10-15-23)49-39(55)32-26(43)17-12-18-27(32)44/h11-12,16-19,23-24,28-29,33-34H,7-10,13-15,20-22H2,1-6H3,(H2,45,53)(H,46,56)(H,47,54)(H,48,51)(H,49,55)/t24-,28?,29+,33+,34?/m1/s1. The molecule has 0 aromatic heterocycles. The average molecular weight is 843 g/mol. The average Bonchev–Trinajstić information content (AvgIpc) is 3.62. The van der Waals surface area contributed by atoms with E-state index in [0.717, 1.165) is 37.5 Å². The van der Waals surface area contributed by atoms with E-state index in [-0.39, 0.29) is 36.4 Å². The lowest BCUT2D eigenvalue weighted by molar-refractivity contribution is -0.143. The Morgan fingerprint density at radius 2 is 1.55 bits per heavy atom. The van der Waals surface area contributed by atoms with Gasteiger partial charge in [-0.15, -0.1) is 0 Å². The van der Waals surface area contributed by atoms with E-state index in [0.29, 0.717) is 19.3 Å². The summed E-state index contributed by atoms with van der Waals surface area (Å²) in [5, 5.41) is 9.83. The number of nitrogens with zero attached hydrogens (tertiary/aromatic N) is 1. The number of ether oxygens (including phenoxy) is 3. The molecule has 6 amide bonds. The third-order valence-electron chi connectivity index (χ3n) is 10.4. The fourth-order valence-electron chi connectivity index (χ4n) is 7.72. The summed E-state index contributed by atoms with van der Waals surface area (Å²) in [4.78, 5) is 95.3. The maximum absolute atomic E-state index is 14.7. The number of benzene rings is 2. The van der Waals surface area contributed by atoms with Gasteiger partial charge < -0.3 is 46.1 Å². The van der Waals surface area contributed by atoms with Gasteiger partial charge in [-0.05, 0) is 64.2 Å². The number of ketones is 1. The fourth-order valence-corrected chi connectivity index (χ4v) is 7.72. The van der Waals surface area contributed by atoms with Crippen molar-refractivity contribution in [3.05, 3.63) is 59.2 Å². The zero-order valence-electron chi connectivity index (χ0n) is 34.9. The number of likely N-dealkylation sites (tertiary alicyclic amines) is 1. The van der Waals surface area contributed by atoms with Crippen LogP contribution in [0.3, 0.4) is 0 Å². The van der Waals surface area contributed by atoms with E-state index in [2.05, 4.69) is 21.3 Å². The lowest BCUT2D eigenvalue weighted by Gasteiger charge is -2.35. The van der Waals surface area contributed by atoms with Crippen LogP contribution in [-0.4, -0.2) is 103 Å². The smallest absolute Gasteiger partial charge is 0.290 e. The monoisotopic (exact) mass is 842 g/mol. The molecule has 0 radical (unpaired) electrons. The number of hydrogen-bond acceptors (Lipinski definition) is 10. The van der Waals surface area contributed by atoms with Gasteiger partial charge in [-0.25, -0.2) is 8.78 Å². The quantitative estimate of drug-likeness (QED) is 0.138. The molecule has 2 unspecified atom stereocenters. The topological polar surface area (TPSA) is 225 Å². The van der Waals surface area contributed by atoms with Gasteiger partial charge in [0.1, 0.15) is 35.3 Å². The van der Waals surface area contributed by atoms with Crippen LogP contribution in [0.4, 0.5) is 8.78 Å². The summed E-state index contributed by atoms with van der Waals surface area (Å²) in [6.07, 6.45) is 3.21. The Morgan fingerprint density at radius 1 is 0.900 bits per heavy atom. The molecule has 18 heteroatoms. The Hall–Kier alpha value is -5.65. The number of Topliss-reactive ketones (excluding diaryl/α,β-unsaturated/α-hetero) is 1. The molecular formula is C42H56F2N6O10. The summed E-state index contributed by atoms with van der Waals surface area (Å²) in [5.41, 5.74) is 4.24. The number of amides is 6. The molecule has 1 heterocycles. The third-order valence-corrected chi connectivity index (χ3v) is 10.4. The Bertz CT molecular complexity index is 1900. The number of halogens is 2. The van der Waals surface area contributed by atoms with E-state index >= 15 is 0 Å². The van der Waals surface area contributed by atoms with E-state index in [9.17, 15) is 42.3 Å². The van der Waals surface area contributed by atoms with E-state index in [4.69, 9.17) is 19.9 Å². The zero-order valence-corrected chi connectivity index (χ0v) is 34.9. The number of rotatable bonds is 18. The molecule has 1 saturated heterocycles. The number of nitrogens with one attached hydrogen (secondary N) is 4. The highest BCUT2D eigenvalue weighted by atomic mass is 19.1. The Labute approximate surface area is 348 Å². The summed E-state index contributed by atoms with van der Waals surface area (Å²) < 4.78 is 46.2. The van der Waals surface area contributed by atoms with Gasteiger partial charge in [0.25, 0.3) is 11.8 Å². The van der Waals surface area contributed by atoms with Crippen molar-refractivity contribution in [2.24, 2.45) is 11.7 Å². The van der Waals surface area contributed by atoms with Crippen LogP contribution in [0.25, 0.3) is 0 Å².